The lowest BCUT2D eigenvalue weighted by Gasteiger charge is -2.13. The third-order valence-electron chi connectivity index (χ3n) is 5.28. The number of amides is 3. The van der Waals surface area contributed by atoms with Gasteiger partial charge in [0, 0.05) is 37.8 Å². The van der Waals surface area contributed by atoms with Crippen LogP contribution < -0.4 is 15.5 Å². The number of aryl methyl sites for hydroxylation is 1. The molecule has 1 fully saturated rings. The van der Waals surface area contributed by atoms with E-state index in [2.05, 4.69) is 15.6 Å². The summed E-state index contributed by atoms with van der Waals surface area (Å²) in [6.45, 7) is 2.39. The van der Waals surface area contributed by atoms with Gasteiger partial charge in [-0.2, -0.15) is 0 Å². The van der Waals surface area contributed by atoms with Gasteiger partial charge in [0.1, 0.15) is 11.9 Å². The minimum atomic E-state index is -0.569. The Morgan fingerprint density at radius 3 is 2.88 bits per heavy atom. The smallest absolute Gasteiger partial charge is 0.414 e. The molecule has 3 amide bonds. The highest BCUT2D eigenvalue weighted by Gasteiger charge is 2.32. The van der Waals surface area contributed by atoms with Crippen LogP contribution in [0.3, 0.4) is 0 Å². The van der Waals surface area contributed by atoms with Crippen molar-refractivity contribution in [2.24, 2.45) is 0 Å². The van der Waals surface area contributed by atoms with Gasteiger partial charge < -0.3 is 15.4 Å². The van der Waals surface area contributed by atoms with Crippen LogP contribution in [0.4, 0.5) is 14.9 Å². The highest BCUT2D eigenvalue weighted by Crippen LogP contribution is 2.24. The van der Waals surface area contributed by atoms with Gasteiger partial charge in [0.05, 0.1) is 18.8 Å². The molecule has 0 aliphatic carbocycles. The number of allylic oxidation sites excluding steroid dienone is 1. The normalized spacial score (nSPS) is 15.4. The molecule has 1 atom stereocenters. The number of aromatic nitrogens is 1. The van der Waals surface area contributed by atoms with Crippen molar-refractivity contribution in [2.45, 2.75) is 38.7 Å². The number of ether oxygens (including phenoxy) is 1. The maximum absolute atomic E-state index is 14.5. The third-order valence-corrected chi connectivity index (χ3v) is 5.28. The Morgan fingerprint density at radius 1 is 1.29 bits per heavy atom. The summed E-state index contributed by atoms with van der Waals surface area (Å²) < 4.78 is 19.7. The van der Waals surface area contributed by atoms with E-state index in [0.29, 0.717) is 37.1 Å². The maximum atomic E-state index is 14.5. The number of rotatable bonds is 11. The molecule has 1 saturated heterocycles. The van der Waals surface area contributed by atoms with E-state index in [1.165, 1.54) is 17.9 Å². The zero-order valence-corrected chi connectivity index (χ0v) is 19.1. The van der Waals surface area contributed by atoms with Crippen LogP contribution in [0, 0.1) is 5.82 Å². The largest absolute Gasteiger partial charge is 0.442 e. The zero-order chi connectivity index (χ0) is 24.3. The number of benzene rings is 1. The molecule has 0 radical (unpaired) electrons. The van der Waals surface area contributed by atoms with E-state index in [-0.39, 0.29) is 24.9 Å². The number of hydrogen-bond acceptors (Lipinski definition) is 5. The van der Waals surface area contributed by atoms with Gasteiger partial charge in [-0.25, -0.2) is 9.18 Å². The molecule has 180 valence electrons. The van der Waals surface area contributed by atoms with Crippen LogP contribution in [0.1, 0.15) is 37.3 Å². The summed E-state index contributed by atoms with van der Waals surface area (Å²) in [5.74, 6) is -0.662. The van der Waals surface area contributed by atoms with E-state index in [4.69, 9.17) is 4.74 Å². The van der Waals surface area contributed by atoms with Crippen LogP contribution in [0.2, 0.25) is 0 Å². The monoisotopic (exact) mass is 468 g/mol. The van der Waals surface area contributed by atoms with Gasteiger partial charge in [0.2, 0.25) is 11.8 Å². The van der Waals surface area contributed by atoms with Crippen LogP contribution in [0.5, 0.6) is 0 Å². The van der Waals surface area contributed by atoms with Crippen molar-refractivity contribution in [1.82, 2.24) is 15.6 Å². The van der Waals surface area contributed by atoms with Crippen molar-refractivity contribution in [3.63, 3.8) is 0 Å². The Labute approximate surface area is 198 Å². The first-order chi connectivity index (χ1) is 16.4. The Kier molecular flexibility index (Phi) is 9.13. The predicted molar refractivity (Wildman–Crippen MR) is 127 cm³/mol. The Hall–Kier alpha value is -3.75. The number of unbranched alkanes of at least 4 members (excludes halogenated alkanes) is 1. The van der Waals surface area contributed by atoms with Crippen LogP contribution in [0.25, 0.3) is 6.08 Å². The van der Waals surface area contributed by atoms with Gasteiger partial charge in [-0.05, 0) is 49.1 Å². The molecule has 8 nitrogen and oxygen atoms in total. The van der Waals surface area contributed by atoms with Crippen LogP contribution in [-0.2, 0) is 20.7 Å². The summed E-state index contributed by atoms with van der Waals surface area (Å²) in [7, 11) is 0. The van der Waals surface area contributed by atoms with Gasteiger partial charge in [0.25, 0.3) is 0 Å². The number of anilines is 1. The number of carbonyl (C=O) groups excluding carboxylic acids is 3. The third kappa shape index (κ3) is 7.68. The van der Waals surface area contributed by atoms with Gasteiger partial charge in [-0.3, -0.25) is 19.5 Å². The molecule has 2 N–H and O–H groups in total. The van der Waals surface area contributed by atoms with Gasteiger partial charge in [-0.1, -0.05) is 18.2 Å². The van der Waals surface area contributed by atoms with E-state index in [1.54, 1.807) is 30.6 Å². The molecule has 0 bridgehead atoms. The standard InChI is InChI=1S/C25H29FN4O4/c1-18(31)29-16-22-17-30(25(33)34-22)21-10-9-20(23(26)14-21)7-3-2-4-13-28-24(32)11-8-19-6-5-12-27-15-19/h3,5-7,9-10,12,14-15,22H,2,4,8,11,13,16-17H2,1H3,(H,28,32)(H,29,31)/b7-3+/t22-/m0/s1. The quantitative estimate of drug-likeness (QED) is 0.493. The second kappa shape index (κ2) is 12.5. The van der Waals surface area contributed by atoms with Crippen LogP contribution in [-0.4, -0.2) is 48.6 Å². The molecule has 1 aromatic carbocycles. The molecule has 9 heteroatoms. The van der Waals surface area contributed by atoms with Gasteiger partial charge in [0.15, 0.2) is 0 Å². The molecule has 0 saturated carbocycles. The average Bonchev–Trinajstić information content (AvgIpc) is 3.20. The summed E-state index contributed by atoms with van der Waals surface area (Å²) in [6, 6.07) is 8.36. The minimum absolute atomic E-state index is 0.00535. The fraction of sp³-hybridized carbons (Fsp3) is 0.360. The molecule has 3 rings (SSSR count). The zero-order valence-electron chi connectivity index (χ0n) is 19.1. The maximum Gasteiger partial charge on any atom is 0.414 e. The average molecular weight is 469 g/mol. The molecule has 2 heterocycles. The van der Waals surface area contributed by atoms with Crippen molar-refractivity contribution in [3.05, 3.63) is 65.7 Å². The number of cyclic esters (lactones) is 1. The second-order valence-corrected chi connectivity index (χ2v) is 8.02. The number of halogens is 1. The highest BCUT2D eigenvalue weighted by atomic mass is 19.1. The van der Waals surface area contributed by atoms with Crippen LogP contribution in [0.15, 0.2) is 48.8 Å². The van der Waals surface area contributed by atoms with Gasteiger partial charge >= 0.3 is 6.09 Å². The van der Waals surface area contributed by atoms with Crippen molar-refractivity contribution < 1.29 is 23.5 Å². The Morgan fingerprint density at radius 2 is 2.15 bits per heavy atom. The first-order valence-electron chi connectivity index (χ1n) is 11.3. The lowest BCUT2D eigenvalue weighted by Crippen LogP contribution is -2.33. The highest BCUT2D eigenvalue weighted by molar-refractivity contribution is 5.90. The first-order valence-corrected chi connectivity index (χ1v) is 11.3. The minimum Gasteiger partial charge on any atom is -0.442 e. The summed E-state index contributed by atoms with van der Waals surface area (Å²) in [5.41, 5.74) is 1.84. The number of carbonyl (C=O) groups is 3. The molecular weight excluding hydrogens is 439 g/mol. The molecule has 0 spiro atoms. The van der Waals surface area contributed by atoms with Crippen molar-refractivity contribution >= 4 is 29.7 Å². The van der Waals surface area contributed by atoms with Crippen molar-refractivity contribution in [1.29, 1.82) is 0 Å². The molecule has 1 aliphatic rings. The summed E-state index contributed by atoms with van der Waals surface area (Å²) in [4.78, 5) is 40.4. The van der Waals surface area contributed by atoms with E-state index in [1.807, 2.05) is 18.2 Å². The van der Waals surface area contributed by atoms with E-state index in [0.717, 1.165) is 12.0 Å². The summed E-state index contributed by atoms with van der Waals surface area (Å²) in [6.07, 6.45) is 8.45. The van der Waals surface area contributed by atoms with Crippen LogP contribution >= 0.6 is 0 Å². The molecule has 1 aromatic heterocycles. The topological polar surface area (TPSA) is 101 Å². The SMILES string of the molecule is CC(=O)NC[C@H]1CN(c2ccc(/C=C/CCCNC(=O)CCc3cccnc3)c(F)c2)C(=O)O1. The second-order valence-electron chi connectivity index (χ2n) is 8.02. The predicted octanol–water partition coefficient (Wildman–Crippen LogP) is 3.22. The molecule has 1 aliphatic heterocycles. The molecule has 0 unspecified atom stereocenters. The summed E-state index contributed by atoms with van der Waals surface area (Å²) >= 11 is 0. The van der Waals surface area contributed by atoms with E-state index >= 15 is 0 Å². The number of hydrogen-bond donors (Lipinski definition) is 2. The lowest BCUT2D eigenvalue weighted by atomic mass is 10.1. The number of nitrogens with zero attached hydrogens (tertiary/aromatic N) is 2. The number of nitrogens with one attached hydrogen (secondary N) is 2. The Bertz CT molecular complexity index is 1030. The fourth-order valence-electron chi connectivity index (χ4n) is 3.47. The number of pyridine rings is 1. The molecule has 34 heavy (non-hydrogen) atoms. The molecule has 2 aromatic rings. The molecular formula is C25H29FN4O4. The fourth-order valence-corrected chi connectivity index (χ4v) is 3.47. The van der Waals surface area contributed by atoms with Gasteiger partial charge in [-0.15, -0.1) is 0 Å². The lowest BCUT2D eigenvalue weighted by molar-refractivity contribution is -0.121. The Balaban J connectivity index is 1.38. The first kappa shape index (κ1) is 24.9. The van der Waals surface area contributed by atoms with Crippen molar-refractivity contribution in [2.75, 3.05) is 24.5 Å². The summed E-state index contributed by atoms with van der Waals surface area (Å²) in [5, 5.41) is 5.49. The van der Waals surface area contributed by atoms with Crippen molar-refractivity contribution in [3.8, 4) is 0 Å². The van der Waals surface area contributed by atoms with E-state index in [9.17, 15) is 18.8 Å². The van der Waals surface area contributed by atoms with E-state index < -0.39 is 18.0 Å².